The molecular formula is C24H33N5O5. The molecule has 0 bridgehead atoms. The zero-order chi connectivity index (χ0) is 24.0. The molecule has 0 saturated carbocycles. The average Bonchev–Trinajstić information content (AvgIpc) is 3.51. The number of aliphatic hydroxyl groups excluding tert-OH is 1. The summed E-state index contributed by atoms with van der Waals surface area (Å²) in [5, 5.41) is 24.1. The fourth-order valence-corrected chi connectivity index (χ4v) is 4.42. The highest BCUT2D eigenvalue weighted by molar-refractivity contribution is 5.92. The van der Waals surface area contributed by atoms with Crippen molar-refractivity contribution < 1.29 is 24.5 Å². The lowest BCUT2D eigenvalue weighted by Crippen LogP contribution is -2.60. The molecule has 0 aliphatic carbocycles. The summed E-state index contributed by atoms with van der Waals surface area (Å²) in [6.45, 7) is 3.69. The van der Waals surface area contributed by atoms with Crippen LogP contribution < -0.4 is 10.1 Å². The highest BCUT2D eigenvalue weighted by Crippen LogP contribution is 2.24. The molecule has 34 heavy (non-hydrogen) atoms. The molecule has 2 fully saturated rings. The van der Waals surface area contributed by atoms with Gasteiger partial charge in [0.2, 0.25) is 5.91 Å². The second-order valence-corrected chi connectivity index (χ2v) is 9.08. The molecule has 0 unspecified atom stereocenters. The minimum Gasteiger partial charge on any atom is -0.494 e. The Labute approximate surface area is 198 Å². The standard InChI is InChI=1S/C24H33N5O5/c30-21-15-28(11-8-24(21,33)16-26-23(32)20-13-25-17-27-20)14-18-4-6-19(7-5-18)34-12-2-10-29-9-1-3-22(29)31/h4-7,13,17,21,30,33H,1-3,8-12,14-16H2,(H,25,27)(H,26,32)/t21-,24-/m1/s1. The maximum atomic E-state index is 12.1. The van der Waals surface area contributed by atoms with E-state index in [1.165, 1.54) is 12.5 Å². The number of hydrogen-bond donors (Lipinski definition) is 4. The zero-order valence-corrected chi connectivity index (χ0v) is 19.3. The lowest BCUT2D eigenvalue weighted by Gasteiger charge is -2.42. The molecule has 0 radical (unpaired) electrons. The van der Waals surface area contributed by atoms with E-state index in [-0.39, 0.29) is 18.4 Å². The zero-order valence-electron chi connectivity index (χ0n) is 19.3. The lowest BCUT2D eigenvalue weighted by molar-refractivity contribution is -0.127. The molecule has 2 aliphatic rings. The number of rotatable bonds is 10. The third-order valence-corrected chi connectivity index (χ3v) is 6.55. The van der Waals surface area contributed by atoms with E-state index in [0.29, 0.717) is 44.8 Å². The number of hydrogen-bond acceptors (Lipinski definition) is 7. The largest absolute Gasteiger partial charge is 0.494 e. The average molecular weight is 472 g/mol. The lowest BCUT2D eigenvalue weighted by atomic mass is 9.88. The first-order valence-electron chi connectivity index (χ1n) is 11.8. The Morgan fingerprint density at radius 2 is 2.12 bits per heavy atom. The topological polar surface area (TPSA) is 131 Å². The molecular weight excluding hydrogens is 438 g/mol. The van der Waals surface area contributed by atoms with Crippen LogP contribution in [-0.4, -0.2) is 92.8 Å². The van der Waals surface area contributed by atoms with Crippen molar-refractivity contribution in [2.75, 3.05) is 39.3 Å². The van der Waals surface area contributed by atoms with Gasteiger partial charge in [0.05, 0.1) is 25.2 Å². The summed E-state index contributed by atoms with van der Waals surface area (Å²) in [7, 11) is 0. The van der Waals surface area contributed by atoms with E-state index < -0.39 is 11.7 Å². The van der Waals surface area contributed by atoms with Crippen LogP contribution in [0.15, 0.2) is 36.8 Å². The van der Waals surface area contributed by atoms with Crippen LogP contribution in [0.3, 0.4) is 0 Å². The number of H-pyrrole nitrogens is 1. The number of aromatic nitrogens is 2. The number of carbonyl (C=O) groups excluding carboxylic acids is 2. The summed E-state index contributed by atoms with van der Waals surface area (Å²) >= 11 is 0. The van der Waals surface area contributed by atoms with E-state index in [0.717, 1.165) is 37.2 Å². The predicted molar refractivity (Wildman–Crippen MR) is 124 cm³/mol. The van der Waals surface area contributed by atoms with Gasteiger partial charge in [-0.1, -0.05) is 12.1 Å². The van der Waals surface area contributed by atoms with Crippen molar-refractivity contribution in [2.45, 2.75) is 43.9 Å². The SMILES string of the molecule is O=C(NC[C@]1(O)CCN(Cc2ccc(OCCCN3CCCC3=O)cc2)C[C@H]1O)c1cnc[nH]1. The Morgan fingerprint density at radius 1 is 1.29 bits per heavy atom. The molecule has 2 aromatic rings. The molecule has 2 atom stereocenters. The Morgan fingerprint density at radius 3 is 2.79 bits per heavy atom. The normalized spacial score (nSPS) is 23.3. The smallest absolute Gasteiger partial charge is 0.269 e. The van der Waals surface area contributed by atoms with Crippen LogP contribution in [0.2, 0.25) is 0 Å². The number of ether oxygens (including phenoxy) is 1. The van der Waals surface area contributed by atoms with Crippen LogP contribution >= 0.6 is 0 Å². The van der Waals surface area contributed by atoms with Gasteiger partial charge in [0.1, 0.15) is 17.0 Å². The van der Waals surface area contributed by atoms with E-state index in [4.69, 9.17) is 4.74 Å². The number of nitrogens with one attached hydrogen (secondary N) is 2. The first-order valence-corrected chi connectivity index (χ1v) is 11.8. The van der Waals surface area contributed by atoms with Gasteiger partial charge < -0.3 is 30.2 Å². The number of β-amino-alcohol motifs (C(OH)–C–C–N with tert-alkyl or cyclic N) is 1. The van der Waals surface area contributed by atoms with Gasteiger partial charge >= 0.3 is 0 Å². The molecule has 10 heteroatoms. The number of benzene rings is 1. The van der Waals surface area contributed by atoms with Crippen LogP contribution in [0.1, 0.15) is 41.7 Å². The van der Waals surface area contributed by atoms with Gasteiger partial charge in [-0.2, -0.15) is 0 Å². The van der Waals surface area contributed by atoms with Gasteiger partial charge in [-0.3, -0.25) is 14.5 Å². The van der Waals surface area contributed by atoms with Crippen molar-refractivity contribution in [1.29, 1.82) is 0 Å². The minimum atomic E-state index is -1.37. The van der Waals surface area contributed by atoms with E-state index in [2.05, 4.69) is 20.2 Å². The molecule has 1 aromatic heterocycles. The highest BCUT2D eigenvalue weighted by atomic mass is 16.5. The molecule has 2 saturated heterocycles. The monoisotopic (exact) mass is 471 g/mol. The fourth-order valence-electron chi connectivity index (χ4n) is 4.42. The molecule has 2 aliphatic heterocycles. The maximum Gasteiger partial charge on any atom is 0.269 e. The number of piperidine rings is 1. The summed E-state index contributed by atoms with van der Waals surface area (Å²) in [5.74, 6) is 0.662. The van der Waals surface area contributed by atoms with Gasteiger partial charge in [-0.25, -0.2) is 4.98 Å². The number of imidazole rings is 1. The van der Waals surface area contributed by atoms with Crippen molar-refractivity contribution >= 4 is 11.8 Å². The third kappa shape index (κ3) is 6.13. The molecule has 4 N–H and O–H groups in total. The summed E-state index contributed by atoms with van der Waals surface area (Å²) in [5.41, 5.74) is 0.0219. The van der Waals surface area contributed by atoms with Gasteiger partial charge in [0.15, 0.2) is 0 Å². The second kappa shape index (κ2) is 11.0. The molecule has 3 heterocycles. The quantitative estimate of drug-likeness (QED) is 0.372. The van der Waals surface area contributed by atoms with E-state index in [1.807, 2.05) is 29.2 Å². The Hall–Kier alpha value is -2.95. The predicted octanol–water partition coefficient (Wildman–Crippen LogP) is 0.529. The van der Waals surface area contributed by atoms with Crippen LogP contribution in [0, 0.1) is 0 Å². The molecule has 0 spiro atoms. The molecule has 4 rings (SSSR count). The summed E-state index contributed by atoms with van der Waals surface area (Å²) in [6.07, 6.45) is 4.62. The van der Waals surface area contributed by atoms with E-state index >= 15 is 0 Å². The minimum absolute atomic E-state index is 0.0299. The van der Waals surface area contributed by atoms with Gasteiger partial charge in [-0.15, -0.1) is 0 Å². The van der Waals surface area contributed by atoms with Crippen LogP contribution in [0.5, 0.6) is 5.75 Å². The van der Waals surface area contributed by atoms with Crippen LogP contribution in [-0.2, 0) is 11.3 Å². The molecule has 10 nitrogen and oxygen atoms in total. The first-order chi connectivity index (χ1) is 16.4. The Balaban J connectivity index is 1.18. The summed E-state index contributed by atoms with van der Waals surface area (Å²) in [6, 6.07) is 7.85. The fraction of sp³-hybridized carbons (Fsp3) is 0.542. The van der Waals surface area contributed by atoms with Crippen molar-refractivity contribution in [1.82, 2.24) is 25.1 Å². The first kappa shape index (κ1) is 24.2. The third-order valence-electron chi connectivity index (χ3n) is 6.55. The highest BCUT2D eigenvalue weighted by Gasteiger charge is 2.40. The number of nitrogens with zero attached hydrogens (tertiary/aromatic N) is 3. The van der Waals surface area contributed by atoms with Crippen molar-refractivity contribution in [2.24, 2.45) is 0 Å². The van der Waals surface area contributed by atoms with Crippen LogP contribution in [0.4, 0.5) is 0 Å². The Kier molecular flexibility index (Phi) is 7.81. The number of carbonyl (C=O) groups is 2. The van der Waals surface area contributed by atoms with Gasteiger partial charge in [0.25, 0.3) is 5.91 Å². The molecule has 2 amide bonds. The summed E-state index contributed by atoms with van der Waals surface area (Å²) in [4.78, 5) is 34.2. The van der Waals surface area contributed by atoms with E-state index in [9.17, 15) is 19.8 Å². The molecule has 184 valence electrons. The number of amides is 2. The number of aromatic amines is 1. The summed E-state index contributed by atoms with van der Waals surface area (Å²) < 4.78 is 5.80. The van der Waals surface area contributed by atoms with E-state index in [1.54, 1.807) is 0 Å². The number of aliphatic hydroxyl groups is 2. The van der Waals surface area contributed by atoms with Gasteiger partial charge in [-0.05, 0) is 37.0 Å². The van der Waals surface area contributed by atoms with Crippen molar-refractivity contribution in [3.8, 4) is 5.75 Å². The van der Waals surface area contributed by atoms with Gasteiger partial charge in [0, 0.05) is 45.7 Å². The second-order valence-electron chi connectivity index (χ2n) is 9.08. The van der Waals surface area contributed by atoms with Crippen molar-refractivity contribution in [3.05, 3.63) is 48.0 Å². The maximum absolute atomic E-state index is 12.1. The molecule has 1 aromatic carbocycles. The number of likely N-dealkylation sites (tertiary alicyclic amines) is 2. The van der Waals surface area contributed by atoms with Crippen LogP contribution in [0.25, 0.3) is 0 Å². The Bertz CT molecular complexity index is 951. The van der Waals surface area contributed by atoms with Crippen molar-refractivity contribution in [3.63, 3.8) is 0 Å².